The summed E-state index contributed by atoms with van der Waals surface area (Å²) in [5.74, 6) is -4.51. The van der Waals surface area contributed by atoms with Crippen LogP contribution in [0, 0.1) is 11.8 Å². The summed E-state index contributed by atoms with van der Waals surface area (Å²) in [7, 11) is 0. The van der Waals surface area contributed by atoms with Crippen LogP contribution in [0.5, 0.6) is 0 Å². The number of carboxylic acid groups (broad SMARTS) is 1. The van der Waals surface area contributed by atoms with Crippen LogP contribution in [0.1, 0.15) is 66.2 Å². The first-order chi connectivity index (χ1) is 15.9. The molecule has 0 aliphatic carbocycles. The summed E-state index contributed by atoms with van der Waals surface area (Å²) in [5, 5.41) is 17.2. The lowest BCUT2D eigenvalue weighted by atomic mass is 9.96. The average Bonchev–Trinajstić information content (AvgIpc) is 2.78. The predicted molar refractivity (Wildman–Crippen MR) is 127 cm³/mol. The molecule has 6 unspecified atom stereocenters. The maximum Gasteiger partial charge on any atom is 0.326 e. The highest BCUT2D eigenvalue weighted by molar-refractivity contribution is 5.95. The number of carboxylic acids is 1. The van der Waals surface area contributed by atoms with Gasteiger partial charge in [-0.05, 0) is 37.6 Å². The molecule has 0 aliphatic rings. The van der Waals surface area contributed by atoms with Crippen molar-refractivity contribution in [3.05, 3.63) is 0 Å². The Morgan fingerprint density at radius 3 is 1.82 bits per heavy atom. The molecule has 0 aliphatic heterocycles. The van der Waals surface area contributed by atoms with Crippen molar-refractivity contribution in [1.82, 2.24) is 16.0 Å². The molecule has 0 spiro atoms. The molecule has 196 valence electrons. The molecule has 34 heavy (non-hydrogen) atoms. The number of nitrogens with one attached hydrogen (secondary N) is 3. The maximum atomic E-state index is 13.1. The van der Waals surface area contributed by atoms with Gasteiger partial charge in [0.2, 0.25) is 23.6 Å². The van der Waals surface area contributed by atoms with Crippen molar-refractivity contribution in [1.29, 1.82) is 0 Å². The molecule has 0 radical (unpaired) electrons. The number of hydrogen-bond acceptors (Lipinski definition) is 7. The van der Waals surface area contributed by atoms with Crippen LogP contribution in [0.25, 0.3) is 0 Å². The minimum absolute atomic E-state index is 0.240. The molecule has 4 amide bonds. The molecule has 12 heteroatoms. The van der Waals surface area contributed by atoms with E-state index in [-0.39, 0.29) is 24.7 Å². The standard InChI is InChI=1S/C22H42N6O6/c1-5-12(3)17(27-19(30)14(24)11-16(25)29)21(32)26-15(9-7-8-10-23)20(31)28-18(22(33)34)13(4)6-2/h12-15,17-18H,5-11,23-24H2,1-4H3,(H2,25,29)(H,26,32)(H,27,30)(H,28,31)(H,33,34). The minimum Gasteiger partial charge on any atom is -0.480 e. The van der Waals surface area contributed by atoms with Gasteiger partial charge in [0.15, 0.2) is 0 Å². The van der Waals surface area contributed by atoms with Crippen molar-refractivity contribution in [2.45, 2.75) is 90.4 Å². The molecule has 0 saturated heterocycles. The molecule has 0 aromatic heterocycles. The van der Waals surface area contributed by atoms with Crippen LogP contribution in [-0.4, -0.2) is 65.4 Å². The minimum atomic E-state index is -1.22. The Bertz CT molecular complexity index is 703. The smallest absolute Gasteiger partial charge is 0.326 e. The lowest BCUT2D eigenvalue weighted by molar-refractivity contribution is -0.144. The van der Waals surface area contributed by atoms with Crippen LogP contribution in [0.4, 0.5) is 0 Å². The van der Waals surface area contributed by atoms with Crippen LogP contribution < -0.4 is 33.2 Å². The summed E-state index contributed by atoms with van der Waals surface area (Å²) in [6, 6.07) is -4.37. The number of rotatable bonds is 17. The Labute approximate surface area is 201 Å². The van der Waals surface area contributed by atoms with Crippen LogP contribution in [0.2, 0.25) is 0 Å². The van der Waals surface area contributed by atoms with Crippen molar-refractivity contribution < 1.29 is 29.1 Å². The van der Waals surface area contributed by atoms with E-state index in [1.165, 1.54) is 0 Å². The maximum absolute atomic E-state index is 13.1. The van der Waals surface area contributed by atoms with Crippen LogP contribution >= 0.6 is 0 Å². The fourth-order valence-electron chi connectivity index (χ4n) is 3.23. The summed E-state index contributed by atoms with van der Waals surface area (Å²) in [5.41, 5.74) is 16.3. The van der Waals surface area contributed by atoms with Gasteiger partial charge >= 0.3 is 5.97 Å². The second-order valence-corrected chi connectivity index (χ2v) is 8.70. The number of carbonyl (C=O) groups is 5. The molecular formula is C22H42N6O6. The summed E-state index contributed by atoms with van der Waals surface area (Å²) in [6.07, 6.45) is 2.07. The fraction of sp³-hybridized carbons (Fsp3) is 0.773. The van der Waals surface area contributed by atoms with Crippen LogP contribution in [-0.2, 0) is 24.0 Å². The highest BCUT2D eigenvalue weighted by Crippen LogP contribution is 2.12. The number of primary amides is 1. The lowest BCUT2D eigenvalue weighted by Crippen LogP contribution is -2.59. The summed E-state index contributed by atoms with van der Waals surface area (Å²) in [6.45, 7) is 7.50. The first-order valence-electron chi connectivity index (χ1n) is 11.8. The van der Waals surface area contributed by atoms with E-state index in [9.17, 15) is 29.1 Å². The molecule has 0 rings (SSSR count). The van der Waals surface area contributed by atoms with Crippen molar-refractivity contribution in [3.63, 3.8) is 0 Å². The second kappa shape index (κ2) is 16.0. The van der Waals surface area contributed by atoms with Crippen LogP contribution in [0.15, 0.2) is 0 Å². The highest BCUT2D eigenvalue weighted by Gasteiger charge is 2.33. The zero-order valence-corrected chi connectivity index (χ0v) is 20.6. The number of carbonyl (C=O) groups excluding carboxylic acids is 4. The molecule has 10 N–H and O–H groups in total. The Morgan fingerprint density at radius 2 is 1.35 bits per heavy atom. The van der Waals surface area contributed by atoms with Crippen LogP contribution in [0.3, 0.4) is 0 Å². The molecule has 0 fully saturated rings. The van der Waals surface area contributed by atoms with E-state index in [2.05, 4.69) is 16.0 Å². The first kappa shape index (κ1) is 31.3. The summed E-state index contributed by atoms with van der Waals surface area (Å²) in [4.78, 5) is 61.1. The van der Waals surface area contributed by atoms with Gasteiger partial charge in [0.05, 0.1) is 12.5 Å². The van der Waals surface area contributed by atoms with Gasteiger partial charge in [0.1, 0.15) is 18.1 Å². The molecule has 12 nitrogen and oxygen atoms in total. The number of aliphatic carboxylic acids is 1. The Kier molecular flexibility index (Phi) is 14.7. The van der Waals surface area contributed by atoms with E-state index in [0.717, 1.165) is 0 Å². The van der Waals surface area contributed by atoms with E-state index in [1.54, 1.807) is 13.8 Å². The third-order valence-electron chi connectivity index (χ3n) is 5.91. The Morgan fingerprint density at radius 1 is 0.824 bits per heavy atom. The quantitative estimate of drug-likeness (QED) is 0.125. The van der Waals surface area contributed by atoms with Gasteiger partial charge in [-0.15, -0.1) is 0 Å². The molecule has 0 saturated carbocycles. The predicted octanol–water partition coefficient (Wildman–Crippen LogP) is -1.05. The molecule has 0 heterocycles. The van der Waals surface area contributed by atoms with E-state index in [4.69, 9.17) is 17.2 Å². The average molecular weight is 487 g/mol. The number of unbranched alkanes of at least 4 members (excludes halogenated alkanes) is 1. The molecule has 0 aromatic rings. The highest BCUT2D eigenvalue weighted by atomic mass is 16.4. The second-order valence-electron chi connectivity index (χ2n) is 8.70. The third-order valence-corrected chi connectivity index (χ3v) is 5.91. The number of nitrogens with two attached hydrogens (primary N) is 3. The third kappa shape index (κ3) is 10.9. The van der Waals surface area contributed by atoms with E-state index in [0.29, 0.717) is 32.2 Å². The van der Waals surface area contributed by atoms with E-state index < -0.39 is 53.8 Å². The first-order valence-corrected chi connectivity index (χ1v) is 11.8. The van der Waals surface area contributed by atoms with E-state index in [1.807, 2.05) is 13.8 Å². The van der Waals surface area contributed by atoms with Gasteiger partial charge in [0.25, 0.3) is 0 Å². The Balaban J connectivity index is 5.62. The van der Waals surface area contributed by atoms with Gasteiger partial charge in [-0.3, -0.25) is 19.2 Å². The van der Waals surface area contributed by atoms with Crippen molar-refractivity contribution in [2.75, 3.05) is 6.54 Å². The SMILES string of the molecule is CCC(C)C(NC(=O)C(CCCCN)NC(=O)C(NC(=O)C(N)CC(N)=O)C(C)CC)C(=O)O. The van der Waals surface area contributed by atoms with E-state index >= 15 is 0 Å². The molecule has 6 atom stereocenters. The summed E-state index contributed by atoms with van der Waals surface area (Å²) < 4.78 is 0. The largest absolute Gasteiger partial charge is 0.480 e. The molecule has 0 bridgehead atoms. The van der Waals surface area contributed by atoms with Gasteiger partial charge < -0.3 is 38.3 Å². The van der Waals surface area contributed by atoms with Gasteiger partial charge in [-0.2, -0.15) is 0 Å². The van der Waals surface area contributed by atoms with Crippen molar-refractivity contribution >= 4 is 29.6 Å². The normalized spacial score (nSPS) is 16.3. The van der Waals surface area contributed by atoms with Crippen molar-refractivity contribution in [2.24, 2.45) is 29.0 Å². The number of amides is 4. The van der Waals surface area contributed by atoms with Gasteiger partial charge in [-0.1, -0.05) is 40.5 Å². The zero-order chi connectivity index (χ0) is 26.4. The van der Waals surface area contributed by atoms with Gasteiger partial charge in [-0.25, -0.2) is 4.79 Å². The monoisotopic (exact) mass is 486 g/mol. The molecule has 0 aromatic carbocycles. The summed E-state index contributed by atoms with van der Waals surface area (Å²) >= 11 is 0. The topological polar surface area (TPSA) is 220 Å². The lowest BCUT2D eigenvalue weighted by Gasteiger charge is -2.28. The van der Waals surface area contributed by atoms with Crippen molar-refractivity contribution in [3.8, 4) is 0 Å². The zero-order valence-electron chi connectivity index (χ0n) is 20.6. The van der Waals surface area contributed by atoms with Gasteiger partial charge in [0, 0.05) is 0 Å². The molecular weight excluding hydrogens is 444 g/mol. The Hall–Kier alpha value is -2.73. The number of hydrogen-bond donors (Lipinski definition) is 7. The fourth-order valence-corrected chi connectivity index (χ4v) is 3.23.